The first-order valence-electron chi connectivity index (χ1n) is 6.69. The van der Waals surface area contributed by atoms with Crippen molar-refractivity contribution in [2.24, 2.45) is 0 Å². The fourth-order valence-electron chi connectivity index (χ4n) is 2.10. The maximum absolute atomic E-state index is 13.0. The maximum atomic E-state index is 13.0. The summed E-state index contributed by atoms with van der Waals surface area (Å²) in [4.78, 5) is 11.9. The molecular weight excluding hydrogens is 302 g/mol. The summed E-state index contributed by atoms with van der Waals surface area (Å²) in [5.74, 6) is -2.06. The fourth-order valence-corrected chi connectivity index (χ4v) is 2.10. The van der Waals surface area contributed by atoms with Crippen molar-refractivity contribution < 1.29 is 18.3 Å². The van der Waals surface area contributed by atoms with E-state index in [4.69, 9.17) is 4.74 Å². The Morgan fingerprint density at radius 3 is 2.81 bits per heavy atom. The minimum Gasteiger partial charge on any atom is -0.481 e. The van der Waals surface area contributed by atoms with E-state index in [9.17, 15) is 13.6 Å². The number of hydrogen-bond acceptors (Lipinski definition) is 3. The van der Waals surface area contributed by atoms with Gasteiger partial charge in [-0.05, 0) is 38.4 Å². The minimum atomic E-state index is -0.994. The molecule has 1 aromatic carbocycles. The van der Waals surface area contributed by atoms with Crippen LogP contribution in [0.15, 0.2) is 18.2 Å². The lowest BCUT2D eigenvalue weighted by Crippen LogP contribution is -2.49. The fraction of sp³-hybridized carbons (Fsp3) is 0.500. The lowest BCUT2D eigenvalue weighted by molar-refractivity contribution is -0.128. The van der Waals surface area contributed by atoms with Crippen LogP contribution in [0.25, 0.3) is 0 Å². The quantitative estimate of drug-likeness (QED) is 0.892. The zero-order valence-electron chi connectivity index (χ0n) is 11.7. The molecule has 1 heterocycles. The molecule has 1 aliphatic rings. The van der Waals surface area contributed by atoms with Crippen molar-refractivity contribution in [1.82, 2.24) is 10.6 Å². The zero-order chi connectivity index (χ0) is 14.5. The molecule has 1 fully saturated rings. The summed E-state index contributed by atoms with van der Waals surface area (Å²) in [6, 6.07) is 3.29. The SMILES string of the molecule is CC(Oc1ccc(F)c(F)c1)C(=O)NC1CCCNC1.Cl. The number of benzene rings is 1. The van der Waals surface area contributed by atoms with Crippen LogP contribution in [0.3, 0.4) is 0 Å². The van der Waals surface area contributed by atoms with Crippen molar-refractivity contribution in [3.05, 3.63) is 29.8 Å². The lowest BCUT2D eigenvalue weighted by Gasteiger charge is -2.25. The monoisotopic (exact) mass is 320 g/mol. The topological polar surface area (TPSA) is 50.4 Å². The summed E-state index contributed by atoms with van der Waals surface area (Å²) in [6.45, 7) is 3.28. The first-order valence-corrected chi connectivity index (χ1v) is 6.69. The van der Waals surface area contributed by atoms with E-state index < -0.39 is 17.7 Å². The van der Waals surface area contributed by atoms with Gasteiger partial charge in [0, 0.05) is 18.7 Å². The number of halogens is 3. The van der Waals surface area contributed by atoms with Crippen LogP contribution in [0.5, 0.6) is 5.75 Å². The zero-order valence-corrected chi connectivity index (χ0v) is 12.5. The third kappa shape index (κ3) is 5.13. The summed E-state index contributed by atoms with van der Waals surface area (Å²) >= 11 is 0. The molecule has 0 aliphatic carbocycles. The Balaban J connectivity index is 0.00000220. The highest BCUT2D eigenvalue weighted by Gasteiger charge is 2.20. The van der Waals surface area contributed by atoms with Crippen LogP contribution in [0.4, 0.5) is 8.78 Å². The average Bonchev–Trinajstić information content (AvgIpc) is 2.44. The first kappa shape index (κ1) is 17.7. The van der Waals surface area contributed by atoms with Crippen LogP contribution in [0.1, 0.15) is 19.8 Å². The molecular formula is C14H19ClF2N2O2. The van der Waals surface area contributed by atoms with Crippen LogP contribution in [-0.2, 0) is 4.79 Å². The predicted molar refractivity (Wildman–Crippen MR) is 77.7 cm³/mol. The number of rotatable bonds is 4. The molecule has 2 unspecified atom stereocenters. The number of hydrogen-bond donors (Lipinski definition) is 2. The van der Waals surface area contributed by atoms with E-state index in [-0.39, 0.29) is 30.1 Å². The summed E-state index contributed by atoms with van der Waals surface area (Å²) in [6.07, 6.45) is 1.18. The van der Waals surface area contributed by atoms with Crippen molar-refractivity contribution in [3.63, 3.8) is 0 Å². The number of amides is 1. The van der Waals surface area contributed by atoms with Crippen molar-refractivity contribution in [2.75, 3.05) is 13.1 Å². The summed E-state index contributed by atoms with van der Waals surface area (Å²) in [7, 11) is 0. The molecule has 2 rings (SSSR count). The Morgan fingerprint density at radius 2 is 2.19 bits per heavy atom. The molecule has 2 atom stereocenters. The van der Waals surface area contributed by atoms with Gasteiger partial charge >= 0.3 is 0 Å². The molecule has 118 valence electrons. The van der Waals surface area contributed by atoms with Gasteiger partial charge in [0.05, 0.1) is 0 Å². The van der Waals surface area contributed by atoms with Gasteiger partial charge in [0.2, 0.25) is 0 Å². The molecule has 0 radical (unpaired) electrons. The van der Waals surface area contributed by atoms with Gasteiger partial charge in [-0.3, -0.25) is 4.79 Å². The van der Waals surface area contributed by atoms with Gasteiger partial charge in [0.1, 0.15) is 5.75 Å². The largest absolute Gasteiger partial charge is 0.481 e. The van der Waals surface area contributed by atoms with Crippen LogP contribution in [0.2, 0.25) is 0 Å². The van der Waals surface area contributed by atoms with E-state index in [0.717, 1.165) is 38.1 Å². The van der Waals surface area contributed by atoms with Crippen LogP contribution < -0.4 is 15.4 Å². The van der Waals surface area contributed by atoms with Gasteiger partial charge in [0.25, 0.3) is 5.91 Å². The predicted octanol–water partition coefficient (Wildman–Crippen LogP) is 2.02. The molecule has 1 amide bonds. The second-order valence-corrected chi connectivity index (χ2v) is 4.89. The number of carbonyl (C=O) groups excluding carboxylic acids is 1. The summed E-state index contributed by atoms with van der Waals surface area (Å²) in [5, 5.41) is 6.07. The van der Waals surface area contributed by atoms with Gasteiger partial charge in [-0.25, -0.2) is 8.78 Å². The normalized spacial score (nSPS) is 19.3. The van der Waals surface area contributed by atoms with Crippen LogP contribution in [-0.4, -0.2) is 31.1 Å². The maximum Gasteiger partial charge on any atom is 0.261 e. The van der Waals surface area contributed by atoms with E-state index in [0.29, 0.717) is 0 Å². The number of piperidine rings is 1. The molecule has 0 bridgehead atoms. The van der Waals surface area contributed by atoms with Gasteiger partial charge in [-0.1, -0.05) is 0 Å². The van der Waals surface area contributed by atoms with E-state index >= 15 is 0 Å². The Labute approximate surface area is 128 Å². The van der Waals surface area contributed by atoms with Gasteiger partial charge < -0.3 is 15.4 Å². The average molecular weight is 321 g/mol. The molecule has 0 spiro atoms. The minimum absolute atomic E-state index is 0. The number of ether oxygens (including phenoxy) is 1. The Kier molecular flexibility index (Phi) is 6.84. The smallest absolute Gasteiger partial charge is 0.261 e. The van der Waals surface area contributed by atoms with Crippen molar-refractivity contribution in [2.45, 2.75) is 31.9 Å². The summed E-state index contributed by atoms with van der Waals surface area (Å²) in [5.41, 5.74) is 0. The van der Waals surface area contributed by atoms with Gasteiger partial charge in [-0.15, -0.1) is 12.4 Å². The van der Waals surface area contributed by atoms with Crippen molar-refractivity contribution >= 4 is 18.3 Å². The second-order valence-electron chi connectivity index (χ2n) is 4.89. The molecule has 2 N–H and O–H groups in total. The molecule has 21 heavy (non-hydrogen) atoms. The van der Waals surface area contributed by atoms with Crippen molar-refractivity contribution in [1.29, 1.82) is 0 Å². The molecule has 1 saturated heterocycles. The molecule has 0 saturated carbocycles. The Bertz CT molecular complexity index is 482. The molecule has 7 heteroatoms. The van der Waals surface area contributed by atoms with E-state index in [1.54, 1.807) is 6.92 Å². The molecule has 4 nitrogen and oxygen atoms in total. The molecule has 1 aromatic rings. The third-order valence-corrected chi connectivity index (χ3v) is 3.22. The van der Waals surface area contributed by atoms with E-state index in [1.807, 2.05) is 0 Å². The molecule has 1 aliphatic heterocycles. The second kappa shape index (κ2) is 8.14. The summed E-state index contributed by atoms with van der Waals surface area (Å²) < 4.78 is 31.1. The van der Waals surface area contributed by atoms with Crippen molar-refractivity contribution in [3.8, 4) is 5.75 Å². The highest BCUT2D eigenvalue weighted by atomic mass is 35.5. The number of carbonyl (C=O) groups is 1. The van der Waals surface area contributed by atoms with Crippen LogP contribution >= 0.6 is 12.4 Å². The highest BCUT2D eigenvalue weighted by Crippen LogP contribution is 2.17. The highest BCUT2D eigenvalue weighted by molar-refractivity contribution is 5.85. The number of nitrogens with one attached hydrogen (secondary N) is 2. The molecule has 0 aromatic heterocycles. The third-order valence-electron chi connectivity index (χ3n) is 3.22. The van der Waals surface area contributed by atoms with E-state index in [1.165, 1.54) is 6.07 Å². The first-order chi connectivity index (χ1) is 9.56. The van der Waals surface area contributed by atoms with Gasteiger partial charge in [-0.2, -0.15) is 0 Å². The Morgan fingerprint density at radius 1 is 1.43 bits per heavy atom. The van der Waals surface area contributed by atoms with Gasteiger partial charge in [0.15, 0.2) is 17.7 Å². The Hall–Kier alpha value is -1.40. The van der Waals surface area contributed by atoms with E-state index in [2.05, 4.69) is 10.6 Å². The standard InChI is InChI=1S/C14H18F2N2O2.ClH/c1-9(14(19)18-10-3-2-6-17-8-10)20-11-4-5-12(15)13(16)7-11;/h4-5,7,9-10,17H,2-3,6,8H2,1H3,(H,18,19);1H. The van der Waals surface area contributed by atoms with Crippen LogP contribution in [0, 0.1) is 11.6 Å². The lowest BCUT2D eigenvalue weighted by atomic mass is 10.1.